The lowest BCUT2D eigenvalue weighted by atomic mass is 10.1. The predicted octanol–water partition coefficient (Wildman–Crippen LogP) is 1.91. The van der Waals surface area contributed by atoms with Gasteiger partial charge in [0.1, 0.15) is 17.1 Å². The van der Waals surface area contributed by atoms with E-state index in [1.807, 2.05) is 45.0 Å². The standard InChI is InChI=1S/C21H24N4O4/c1-12(2)29-15-8-6-7-14(11-15)13(3)22-19(26)17-10-9-16-18(23-17)24(4)21(28)25(5)20(16)27/h6-13H,1-5H3,(H,22,26). The highest BCUT2D eigenvalue weighted by atomic mass is 16.5. The quantitative estimate of drug-likeness (QED) is 0.711. The lowest BCUT2D eigenvalue weighted by molar-refractivity contribution is 0.0935. The summed E-state index contributed by atoms with van der Waals surface area (Å²) in [5.41, 5.74) is 0.243. The highest BCUT2D eigenvalue weighted by molar-refractivity contribution is 5.94. The van der Waals surface area contributed by atoms with Crippen molar-refractivity contribution in [1.82, 2.24) is 19.4 Å². The second-order valence-electron chi connectivity index (χ2n) is 7.21. The number of amides is 1. The van der Waals surface area contributed by atoms with Crippen molar-refractivity contribution in [2.75, 3.05) is 0 Å². The highest BCUT2D eigenvalue weighted by Gasteiger charge is 2.16. The van der Waals surface area contributed by atoms with Gasteiger partial charge in [0.2, 0.25) is 0 Å². The second-order valence-corrected chi connectivity index (χ2v) is 7.21. The molecule has 2 heterocycles. The van der Waals surface area contributed by atoms with Crippen molar-refractivity contribution < 1.29 is 9.53 Å². The van der Waals surface area contributed by atoms with E-state index < -0.39 is 17.2 Å². The van der Waals surface area contributed by atoms with Gasteiger partial charge in [-0.25, -0.2) is 9.78 Å². The van der Waals surface area contributed by atoms with Gasteiger partial charge in [-0.1, -0.05) is 12.1 Å². The lowest BCUT2D eigenvalue weighted by Crippen LogP contribution is -2.37. The summed E-state index contributed by atoms with van der Waals surface area (Å²) in [5.74, 6) is 0.330. The molecule has 152 valence electrons. The normalized spacial score (nSPS) is 12.2. The molecule has 2 aromatic heterocycles. The Morgan fingerprint density at radius 2 is 1.79 bits per heavy atom. The fourth-order valence-corrected chi connectivity index (χ4v) is 3.06. The molecule has 0 aliphatic carbocycles. The molecule has 29 heavy (non-hydrogen) atoms. The molecule has 0 saturated carbocycles. The van der Waals surface area contributed by atoms with Crippen LogP contribution in [0.15, 0.2) is 46.0 Å². The summed E-state index contributed by atoms with van der Waals surface area (Å²) < 4.78 is 7.96. The summed E-state index contributed by atoms with van der Waals surface area (Å²) >= 11 is 0. The van der Waals surface area contributed by atoms with Gasteiger partial charge >= 0.3 is 5.69 Å². The van der Waals surface area contributed by atoms with E-state index in [9.17, 15) is 14.4 Å². The fraction of sp³-hybridized carbons (Fsp3) is 0.333. The summed E-state index contributed by atoms with van der Waals surface area (Å²) in [4.78, 5) is 41.3. The molecule has 1 unspecified atom stereocenters. The topological polar surface area (TPSA) is 95.2 Å². The number of ether oxygens (including phenoxy) is 1. The number of hydrogen-bond donors (Lipinski definition) is 1. The zero-order valence-corrected chi connectivity index (χ0v) is 17.1. The number of hydrogen-bond acceptors (Lipinski definition) is 5. The van der Waals surface area contributed by atoms with Gasteiger partial charge in [0.05, 0.1) is 17.5 Å². The Bertz CT molecular complexity index is 1190. The van der Waals surface area contributed by atoms with Crippen LogP contribution in [0.3, 0.4) is 0 Å². The summed E-state index contributed by atoms with van der Waals surface area (Å²) in [6.45, 7) is 5.76. The molecule has 1 atom stereocenters. The Hall–Kier alpha value is -3.42. The van der Waals surface area contributed by atoms with Gasteiger partial charge in [-0.2, -0.15) is 0 Å². The number of carbonyl (C=O) groups is 1. The monoisotopic (exact) mass is 396 g/mol. The number of rotatable bonds is 5. The summed E-state index contributed by atoms with van der Waals surface area (Å²) in [7, 11) is 2.92. The zero-order chi connectivity index (χ0) is 21.3. The van der Waals surface area contributed by atoms with Crippen LogP contribution in [0.1, 0.15) is 42.9 Å². The predicted molar refractivity (Wildman–Crippen MR) is 110 cm³/mol. The van der Waals surface area contributed by atoms with Crippen molar-refractivity contribution in [2.24, 2.45) is 14.1 Å². The van der Waals surface area contributed by atoms with E-state index in [0.29, 0.717) is 0 Å². The molecule has 3 aromatic rings. The van der Waals surface area contributed by atoms with Crippen molar-refractivity contribution in [1.29, 1.82) is 0 Å². The number of aryl methyl sites for hydroxylation is 1. The lowest BCUT2D eigenvalue weighted by Gasteiger charge is -2.16. The summed E-state index contributed by atoms with van der Waals surface area (Å²) in [6, 6.07) is 10.2. The minimum atomic E-state index is -0.497. The van der Waals surface area contributed by atoms with Gasteiger partial charge in [0.15, 0.2) is 0 Å². The Morgan fingerprint density at radius 1 is 1.07 bits per heavy atom. The van der Waals surface area contributed by atoms with E-state index in [2.05, 4.69) is 10.3 Å². The van der Waals surface area contributed by atoms with Gasteiger partial charge in [-0.3, -0.25) is 18.7 Å². The van der Waals surface area contributed by atoms with Crippen LogP contribution in [0, 0.1) is 0 Å². The van der Waals surface area contributed by atoms with Gasteiger partial charge < -0.3 is 10.1 Å². The molecule has 0 spiro atoms. The molecule has 0 fully saturated rings. The number of pyridine rings is 1. The summed E-state index contributed by atoms with van der Waals surface area (Å²) in [5, 5.41) is 3.17. The molecule has 0 saturated heterocycles. The van der Waals surface area contributed by atoms with Crippen molar-refractivity contribution >= 4 is 16.9 Å². The van der Waals surface area contributed by atoms with E-state index >= 15 is 0 Å². The first-order valence-electron chi connectivity index (χ1n) is 9.33. The van der Waals surface area contributed by atoms with Gasteiger partial charge in [0.25, 0.3) is 11.5 Å². The van der Waals surface area contributed by atoms with Gasteiger partial charge in [-0.05, 0) is 50.6 Å². The van der Waals surface area contributed by atoms with Gasteiger partial charge in [0, 0.05) is 14.1 Å². The van der Waals surface area contributed by atoms with Crippen molar-refractivity contribution in [3.63, 3.8) is 0 Å². The van der Waals surface area contributed by atoms with Crippen LogP contribution in [0.4, 0.5) is 0 Å². The van der Waals surface area contributed by atoms with Crippen molar-refractivity contribution in [3.05, 3.63) is 68.5 Å². The SMILES string of the molecule is CC(C)Oc1cccc(C(C)NC(=O)c2ccc3c(=O)n(C)c(=O)n(C)c3n2)c1. The Balaban J connectivity index is 1.88. The average molecular weight is 396 g/mol. The van der Waals surface area contributed by atoms with Crippen LogP contribution in [0.5, 0.6) is 5.75 Å². The average Bonchev–Trinajstić information content (AvgIpc) is 2.69. The molecule has 3 rings (SSSR count). The minimum absolute atomic E-state index is 0.0521. The highest BCUT2D eigenvalue weighted by Crippen LogP contribution is 2.20. The third-order valence-corrected chi connectivity index (χ3v) is 4.61. The molecule has 0 aliphatic rings. The number of carbonyl (C=O) groups excluding carboxylic acids is 1. The molecule has 8 heteroatoms. The molecule has 0 radical (unpaired) electrons. The minimum Gasteiger partial charge on any atom is -0.491 e. The maximum Gasteiger partial charge on any atom is 0.332 e. The van der Waals surface area contributed by atoms with Crippen LogP contribution >= 0.6 is 0 Å². The van der Waals surface area contributed by atoms with Crippen molar-refractivity contribution in [3.8, 4) is 5.75 Å². The van der Waals surface area contributed by atoms with Crippen molar-refractivity contribution in [2.45, 2.75) is 32.9 Å². The molecule has 0 bridgehead atoms. The summed E-state index contributed by atoms with van der Waals surface area (Å²) in [6.07, 6.45) is 0.0521. The van der Waals surface area contributed by atoms with Crippen LogP contribution in [-0.4, -0.2) is 26.1 Å². The first kappa shape index (κ1) is 20.3. The van der Waals surface area contributed by atoms with E-state index in [-0.39, 0.29) is 28.9 Å². The zero-order valence-electron chi connectivity index (χ0n) is 17.1. The molecule has 1 amide bonds. The third-order valence-electron chi connectivity index (χ3n) is 4.61. The van der Waals surface area contributed by atoms with E-state index in [4.69, 9.17) is 4.74 Å². The number of benzene rings is 1. The van der Waals surface area contributed by atoms with E-state index in [1.165, 1.54) is 30.8 Å². The number of aromatic nitrogens is 3. The van der Waals surface area contributed by atoms with Crippen LogP contribution in [-0.2, 0) is 14.1 Å². The Kier molecular flexibility index (Phi) is 5.54. The first-order chi connectivity index (χ1) is 13.7. The van der Waals surface area contributed by atoms with E-state index in [0.717, 1.165) is 15.9 Å². The molecular formula is C21H24N4O4. The maximum absolute atomic E-state index is 12.7. The van der Waals surface area contributed by atoms with Gasteiger partial charge in [-0.15, -0.1) is 0 Å². The number of fused-ring (bicyclic) bond motifs is 1. The van der Waals surface area contributed by atoms with Crippen LogP contribution in [0.25, 0.3) is 11.0 Å². The van der Waals surface area contributed by atoms with E-state index in [1.54, 1.807) is 0 Å². The number of nitrogens with zero attached hydrogens (tertiary/aromatic N) is 3. The molecule has 0 aliphatic heterocycles. The molecule has 1 N–H and O–H groups in total. The Morgan fingerprint density at radius 3 is 2.48 bits per heavy atom. The largest absolute Gasteiger partial charge is 0.491 e. The van der Waals surface area contributed by atoms with Crippen LogP contribution in [0.2, 0.25) is 0 Å². The molecule has 8 nitrogen and oxygen atoms in total. The fourth-order valence-electron chi connectivity index (χ4n) is 3.06. The molecule has 1 aromatic carbocycles. The second kappa shape index (κ2) is 7.90. The first-order valence-corrected chi connectivity index (χ1v) is 9.33. The smallest absolute Gasteiger partial charge is 0.332 e. The maximum atomic E-state index is 12.7. The van der Waals surface area contributed by atoms with Crippen LogP contribution < -0.4 is 21.3 Å². The third kappa shape index (κ3) is 4.06. The Labute approximate surface area is 167 Å². The number of nitrogens with one attached hydrogen (secondary N) is 1. The molecular weight excluding hydrogens is 372 g/mol.